The second-order valence-corrected chi connectivity index (χ2v) is 11.0. The van der Waals surface area contributed by atoms with Gasteiger partial charge in [-0.15, -0.1) is 0 Å². The summed E-state index contributed by atoms with van der Waals surface area (Å²) in [6, 6.07) is 9.82. The molecule has 1 aromatic heterocycles. The van der Waals surface area contributed by atoms with Crippen LogP contribution in [-0.4, -0.2) is 54.4 Å². The molecule has 0 aliphatic heterocycles. The van der Waals surface area contributed by atoms with Gasteiger partial charge in [-0.25, -0.2) is 9.37 Å². The second kappa shape index (κ2) is 12.3. The number of pyridine rings is 1. The van der Waals surface area contributed by atoms with Crippen molar-refractivity contribution in [2.75, 3.05) is 20.3 Å². The molecule has 2 aliphatic carbocycles. The highest BCUT2D eigenvalue weighted by molar-refractivity contribution is 5.95. The molecule has 44 heavy (non-hydrogen) atoms. The van der Waals surface area contributed by atoms with Crippen LogP contribution < -0.4 is 25.3 Å². The Bertz CT molecular complexity index is 1540. The molecular weight excluding hydrogens is 586 g/mol. The summed E-state index contributed by atoms with van der Waals surface area (Å²) in [6.07, 6.45) is -2.26. The number of hydrogen-bond acceptors (Lipinski definition) is 7. The number of ether oxygens (including phenoxy) is 3. The number of carbonyl (C=O) groups is 2. The summed E-state index contributed by atoms with van der Waals surface area (Å²) >= 11 is 0. The molecule has 2 aromatic carbocycles. The van der Waals surface area contributed by atoms with Crippen LogP contribution >= 0.6 is 0 Å². The maximum absolute atomic E-state index is 14.6. The lowest BCUT2D eigenvalue weighted by atomic mass is 9.93. The van der Waals surface area contributed by atoms with Gasteiger partial charge in [-0.3, -0.25) is 9.59 Å². The number of nitrogens with two attached hydrogens (primary N) is 1. The lowest BCUT2D eigenvalue weighted by Crippen LogP contribution is -2.51. The number of nitrogens with zero attached hydrogens (tertiary/aromatic N) is 1. The lowest BCUT2D eigenvalue weighted by molar-refractivity contribution is -0.265. The normalized spacial score (nSPS) is 16.1. The molecule has 2 aliphatic rings. The van der Waals surface area contributed by atoms with E-state index in [1.165, 1.54) is 37.4 Å². The van der Waals surface area contributed by atoms with E-state index in [1.54, 1.807) is 0 Å². The number of aromatic nitrogens is 1. The van der Waals surface area contributed by atoms with Gasteiger partial charge >= 0.3 is 6.18 Å². The number of hydrogen-bond donors (Lipinski definition) is 3. The molecule has 0 radical (unpaired) electrons. The first-order valence-electron chi connectivity index (χ1n) is 14.0. The first kappa shape index (κ1) is 31.0. The van der Waals surface area contributed by atoms with Crippen molar-refractivity contribution in [3.63, 3.8) is 0 Å². The molecule has 234 valence electrons. The molecule has 1 atom stereocenters. The van der Waals surface area contributed by atoms with Gasteiger partial charge in [0.15, 0.2) is 11.5 Å². The molecule has 4 N–H and O–H groups in total. The number of amides is 2. The largest absolute Gasteiger partial charge is 0.493 e. The summed E-state index contributed by atoms with van der Waals surface area (Å²) < 4.78 is 74.6. The summed E-state index contributed by atoms with van der Waals surface area (Å²) in [4.78, 5) is 29.1. The molecular formula is C31H31F4N3O6. The molecule has 13 heteroatoms. The standard InChI is InChI=1S/C31H31F4N3O6/c1-42-24-12-19(6-11-23(24)44-22-9-10-22)29(40)37-16-30(41,31(33,34)35)25-13-20(14-26(36)39)28(43-15-17-2-3-17)27(38-25)18-4-7-21(32)8-5-18/h4-8,11-13,17,22,41H,2-3,9-10,14-16H2,1H3,(H2,36,39)(H,37,40)/t30-/m0/s1. The first-order valence-corrected chi connectivity index (χ1v) is 14.0. The van der Waals surface area contributed by atoms with E-state index >= 15 is 0 Å². The van der Waals surface area contributed by atoms with Crippen LogP contribution in [0.2, 0.25) is 0 Å². The predicted octanol–water partition coefficient (Wildman–Crippen LogP) is 4.43. The minimum absolute atomic E-state index is 0.000203. The van der Waals surface area contributed by atoms with Crippen molar-refractivity contribution in [1.82, 2.24) is 10.3 Å². The van der Waals surface area contributed by atoms with Crippen LogP contribution in [-0.2, 0) is 16.8 Å². The Morgan fingerprint density at radius 1 is 1.05 bits per heavy atom. The number of rotatable bonds is 13. The SMILES string of the molecule is COc1cc(C(=O)NC[C@](O)(c2cc(CC(N)=O)c(OCC3CC3)c(-c3ccc(F)cc3)n2)C(F)(F)F)ccc1OC1CC1. The van der Waals surface area contributed by atoms with Crippen LogP contribution in [0.15, 0.2) is 48.5 Å². The van der Waals surface area contributed by atoms with Crippen molar-refractivity contribution in [2.24, 2.45) is 11.7 Å². The summed E-state index contributed by atoms with van der Waals surface area (Å²) in [5, 5.41) is 13.3. The average Bonchev–Trinajstić information content (AvgIpc) is 3.91. The Hall–Kier alpha value is -4.39. The molecule has 2 saturated carbocycles. The highest BCUT2D eigenvalue weighted by Crippen LogP contribution is 2.43. The Balaban J connectivity index is 1.51. The van der Waals surface area contributed by atoms with Gasteiger partial charge in [-0.1, -0.05) is 0 Å². The van der Waals surface area contributed by atoms with Crippen molar-refractivity contribution in [3.05, 3.63) is 71.2 Å². The molecule has 0 saturated heterocycles. The molecule has 2 fully saturated rings. The van der Waals surface area contributed by atoms with Crippen LogP contribution in [0.3, 0.4) is 0 Å². The molecule has 2 amide bonds. The van der Waals surface area contributed by atoms with Gasteiger partial charge in [0, 0.05) is 16.7 Å². The van der Waals surface area contributed by atoms with Gasteiger partial charge in [0.25, 0.3) is 5.91 Å². The topological polar surface area (TPSA) is 133 Å². The number of alkyl halides is 3. The fraction of sp³-hybridized carbons (Fsp3) is 0.387. The van der Waals surface area contributed by atoms with E-state index in [1.807, 2.05) is 0 Å². The fourth-order valence-electron chi connectivity index (χ4n) is 4.49. The Kier molecular flexibility index (Phi) is 8.69. The zero-order valence-electron chi connectivity index (χ0n) is 23.7. The number of nitrogens with one attached hydrogen (secondary N) is 1. The van der Waals surface area contributed by atoms with Crippen molar-refractivity contribution in [3.8, 4) is 28.5 Å². The summed E-state index contributed by atoms with van der Waals surface area (Å²) in [6.45, 7) is -1.11. The van der Waals surface area contributed by atoms with E-state index in [4.69, 9.17) is 19.9 Å². The quantitative estimate of drug-likeness (QED) is 0.242. The van der Waals surface area contributed by atoms with Gasteiger partial charge in [0.05, 0.1) is 38.5 Å². The van der Waals surface area contributed by atoms with E-state index in [0.29, 0.717) is 5.75 Å². The van der Waals surface area contributed by atoms with Gasteiger partial charge < -0.3 is 30.4 Å². The smallest absolute Gasteiger partial charge is 0.424 e. The zero-order valence-corrected chi connectivity index (χ0v) is 23.7. The number of carbonyl (C=O) groups excluding carboxylic acids is 2. The van der Waals surface area contributed by atoms with Crippen LogP contribution in [0.5, 0.6) is 17.2 Å². The van der Waals surface area contributed by atoms with E-state index in [9.17, 15) is 32.3 Å². The zero-order chi connectivity index (χ0) is 31.6. The number of halogens is 4. The van der Waals surface area contributed by atoms with E-state index < -0.39 is 48.1 Å². The van der Waals surface area contributed by atoms with Crippen LogP contribution in [0.25, 0.3) is 11.3 Å². The van der Waals surface area contributed by atoms with Gasteiger partial charge in [-0.05, 0) is 80.1 Å². The van der Waals surface area contributed by atoms with Crippen LogP contribution in [0.4, 0.5) is 17.6 Å². The minimum atomic E-state index is -5.34. The molecule has 0 unspecified atom stereocenters. The molecule has 0 bridgehead atoms. The van der Waals surface area contributed by atoms with E-state index in [0.717, 1.165) is 43.9 Å². The van der Waals surface area contributed by atoms with Crippen molar-refractivity contribution in [1.29, 1.82) is 0 Å². The van der Waals surface area contributed by atoms with Crippen molar-refractivity contribution >= 4 is 11.8 Å². The summed E-state index contributed by atoms with van der Waals surface area (Å²) in [5.74, 6) is -1.55. The number of methoxy groups -OCH3 is 1. The van der Waals surface area contributed by atoms with E-state index in [-0.39, 0.29) is 52.5 Å². The summed E-state index contributed by atoms with van der Waals surface area (Å²) in [7, 11) is 1.37. The van der Waals surface area contributed by atoms with Gasteiger partial charge in [0.1, 0.15) is 17.3 Å². The second-order valence-electron chi connectivity index (χ2n) is 11.0. The highest BCUT2D eigenvalue weighted by Gasteiger charge is 2.57. The third kappa shape index (κ3) is 7.04. The Labute approximate surface area is 250 Å². The van der Waals surface area contributed by atoms with Crippen molar-refractivity contribution < 1.29 is 46.5 Å². The minimum Gasteiger partial charge on any atom is -0.493 e. The first-order chi connectivity index (χ1) is 20.9. The molecule has 1 heterocycles. The third-order valence-corrected chi connectivity index (χ3v) is 7.33. The van der Waals surface area contributed by atoms with Crippen LogP contribution in [0.1, 0.15) is 47.3 Å². The predicted molar refractivity (Wildman–Crippen MR) is 150 cm³/mol. The monoisotopic (exact) mass is 617 g/mol. The van der Waals surface area contributed by atoms with Gasteiger partial charge in [0.2, 0.25) is 11.5 Å². The maximum atomic E-state index is 14.6. The number of primary amides is 1. The molecule has 3 aromatic rings. The van der Waals surface area contributed by atoms with Crippen molar-refractivity contribution in [2.45, 2.75) is 50.0 Å². The fourth-order valence-corrected chi connectivity index (χ4v) is 4.49. The molecule has 0 spiro atoms. The van der Waals surface area contributed by atoms with Gasteiger partial charge in [-0.2, -0.15) is 13.2 Å². The Morgan fingerprint density at radius 3 is 2.34 bits per heavy atom. The third-order valence-electron chi connectivity index (χ3n) is 7.33. The average molecular weight is 618 g/mol. The lowest BCUT2D eigenvalue weighted by Gasteiger charge is -2.31. The van der Waals surface area contributed by atoms with E-state index in [2.05, 4.69) is 10.3 Å². The Morgan fingerprint density at radius 2 is 1.75 bits per heavy atom. The number of aliphatic hydroxyl groups is 1. The molecule has 9 nitrogen and oxygen atoms in total. The number of benzene rings is 2. The summed E-state index contributed by atoms with van der Waals surface area (Å²) in [5.41, 5.74) is 0.743. The molecule has 5 rings (SSSR count). The van der Waals surface area contributed by atoms with Crippen LogP contribution in [0, 0.1) is 11.7 Å². The maximum Gasteiger partial charge on any atom is 0.424 e. The highest BCUT2D eigenvalue weighted by atomic mass is 19.4.